The zero-order valence-corrected chi connectivity index (χ0v) is 18.1. The number of piperazine rings is 1. The Morgan fingerprint density at radius 3 is 2.50 bits per heavy atom. The van der Waals surface area contributed by atoms with Crippen molar-refractivity contribution in [2.75, 3.05) is 56.2 Å². The Balaban J connectivity index is 1.24. The Kier molecular flexibility index (Phi) is 6.53. The van der Waals surface area contributed by atoms with Gasteiger partial charge < -0.3 is 24.8 Å². The van der Waals surface area contributed by atoms with Crippen LogP contribution in [0.3, 0.4) is 0 Å². The highest BCUT2D eigenvalue weighted by atomic mass is 16.5. The van der Waals surface area contributed by atoms with Gasteiger partial charge in [0.25, 0.3) is 0 Å². The molecule has 1 aromatic heterocycles. The van der Waals surface area contributed by atoms with Gasteiger partial charge in [0.15, 0.2) is 0 Å². The van der Waals surface area contributed by atoms with Crippen LogP contribution in [-0.4, -0.2) is 74.0 Å². The van der Waals surface area contributed by atoms with Gasteiger partial charge in [0.2, 0.25) is 17.7 Å². The number of carbonyl (C=O) groups excluding carboxylic acids is 3. The number of benzene rings is 1. The molecule has 2 aliphatic rings. The van der Waals surface area contributed by atoms with Gasteiger partial charge in [0, 0.05) is 51.0 Å². The average molecular weight is 438 g/mol. The van der Waals surface area contributed by atoms with E-state index in [1.54, 1.807) is 47.4 Å². The molecule has 0 saturated carbocycles. The van der Waals surface area contributed by atoms with Crippen molar-refractivity contribution in [3.8, 4) is 5.75 Å². The van der Waals surface area contributed by atoms with E-state index < -0.39 is 5.92 Å². The number of rotatable bonds is 6. The monoisotopic (exact) mass is 437 g/mol. The van der Waals surface area contributed by atoms with Crippen LogP contribution in [-0.2, 0) is 14.4 Å². The molecule has 32 heavy (non-hydrogen) atoms. The molecular weight excluding hydrogens is 410 g/mol. The highest BCUT2D eigenvalue weighted by Gasteiger charge is 2.35. The number of anilines is 2. The van der Waals surface area contributed by atoms with Gasteiger partial charge in [0.1, 0.15) is 11.6 Å². The molecule has 9 heteroatoms. The lowest BCUT2D eigenvalue weighted by molar-refractivity contribution is -0.134. The molecule has 0 unspecified atom stereocenters. The molecule has 168 valence electrons. The number of hydrogen-bond acceptors (Lipinski definition) is 6. The van der Waals surface area contributed by atoms with Gasteiger partial charge in [-0.2, -0.15) is 0 Å². The Hall–Kier alpha value is -3.62. The summed E-state index contributed by atoms with van der Waals surface area (Å²) >= 11 is 0. The maximum Gasteiger partial charge on any atom is 0.242 e. The minimum atomic E-state index is -0.474. The molecule has 1 atom stereocenters. The molecule has 1 N–H and O–H groups in total. The molecule has 2 saturated heterocycles. The number of carbonyl (C=O) groups is 3. The van der Waals surface area contributed by atoms with E-state index in [0.29, 0.717) is 38.5 Å². The normalized spacial score (nSPS) is 18.6. The molecular formula is C23H27N5O4. The minimum absolute atomic E-state index is 0.0599. The molecule has 0 aliphatic carbocycles. The quantitative estimate of drug-likeness (QED) is 0.722. The van der Waals surface area contributed by atoms with Gasteiger partial charge >= 0.3 is 0 Å². The van der Waals surface area contributed by atoms with Gasteiger partial charge in [-0.1, -0.05) is 6.07 Å². The Morgan fingerprint density at radius 2 is 1.84 bits per heavy atom. The summed E-state index contributed by atoms with van der Waals surface area (Å²) in [5, 5.41) is 2.72. The Morgan fingerprint density at radius 1 is 1.09 bits per heavy atom. The second-order valence-corrected chi connectivity index (χ2v) is 7.88. The van der Waals surface area contributed by atoms with Crippen molar-refractivity contribution in [3.63, 3.8) is 0 Å². The smallest absolute Gasteiger partial charge is 0.242 e. The molecule has 0 radical (unpaired) electrons. The number of hydrogen-bond donors (Lipinski definition) is 1. The van der Waals surface area contributed by atoms with Gasteiger partial charge in [-0.05, 0) is 36.4 Å². The van der Waals surface area contributed by atoms with Crippen molar-refractivity contribution < 1.29 is 19.1 Å². The molecule has 0 spiro atoms. The predicted molar refractivity (Wildman–Crippen MR) is 119 cm³/mol. The van der Waals surface area contributed by atoms with Crippen molar-refractivity contribution >= 4 is 29.2 Å². The third-order valence-corrected chi connectivity index (χ3v) is 5.90. The van der Waals surface area contributed by atoms with E-state index in [9.17, 15) is 14.4 Å². The van der Waals surface area contributed by atoms with Gasteiger partial charge in [-0.15, -0.1) is 0 Å². The number of ether oxygens (including phenoxy) is 1. The maximum absolute atomic E-state index is 12.6. The van der Waals surface area contributed by atoms with E-state index in [-0.39, 0.29) is 30.7 Å². The van der Waals surface area contributed by atoms with E-state index in [2.05, 4.69) is 15.2 Å². The summed E-state index contributed by atoms with van der Waals surface area (Å²) in [5.74, 6) is 0.644. The summed E-state index contributed by atoms with van der Waals surface area (Å²) in [4.78, 5) is 47.4. The number of amides is 3. The van der Waals surface area contributed by atoms with Gasteiger partial charge in [-0.3, -0.25) is 14.4 Å². The van der Waals surface area contributed by atoms with E-state index in [1.807, 2.05) is 18.2 Å². The fourth-order valence-corrected chi connectivity index (χ4v) is 4.04. The molecule has 3 heterocycles. The highest BCUT2D eigenvalue weighted by molar-refractivity contribution is 6.00. The predicted octanol–water partition coefficient (Wildman–Crippen LogP) is 0.908. The molecule has 1 aromatic carbocycles. The van der Waals surface area contributed by atoms with Crippen molar-refractivity contribution in [3.05, 3.63) is 48.7 Å². The van der Waals surface area contributed by atoms with E-state index in [4.69, 9.17) is 4.74 Å². The van der Waals surface area contributed by atoms with Crippen LogP contribution < -0.4 is 19.9 Å². The number of methoxy groups -OCH3 is 1. The summed E-state index contributed by atoms with van der Waals surface area (Å²) in [5.41, 5.74) is 0.730. The summed E-state index contributed by atoms with van der Waals surface area (Å²) < 4.78 is 5.14. The van der Waals surface area contributed by atoms with Crippen LogP contribution >= 0.6 is 0 Å². The number of nitrogens with one attached hydrogen (secondary N) is 1. The van der Waals surface area contributed by atoms with Crippen LogP contribution in [0.5, 0.6) is 5.75 Å². The Labute approximate surface area is 187 Å². The van der Waals surface area contributed by atoms with Crippen LogP contribution in [0.25, 0.3) is 0 Å². The number of pyridine rings is 1. The summed E-state index contributed by atoms with van der Waals surface area (Å²) in [6.07, 6.45) is 1.89. The summed E-state index contributed by atoms with van der Waals surface area (Å²) in [6.45, 7) is 2.80. The first-order valence-electron chi connectivity index (χ1n) is 10.7. The van der Waals surface area contributed by atoms with Gasteiger partial charge in [0.05, 0.1) is 19.6 Å². The van der Waals surface area contributed by atoms with Crippen molar-refractivity contribution in [2.24, 2.45) is 5.92 Å². The molecule has 2 fully saturated rings. The van der Waals surface area contributed by atoms with E-state index in [0.717, 1.165) is 11.5 Å². The second kappa shape index (κ2) is 9.67. The van der Waals surface area contributed by atoms with Gasteiger partial charge in [-0.25, -0.2) is 4.98 Å². The topological polar surface area (TPSA) is 95.1 Å². The average Bonchev–Trinajstić information content (AvgIpc) is 3.24. The highest BCUT2D eigenvalue weighted by Crippen LogP contribution is 2.26. The lowest BCUT2D eigenvalue weighted by Crippen LogP contribution is -2.51. The maximum atomic E-state index is 12.6. The lowest BCUT2D eigenvalue weighted by Gasteiger charge is -2.35. The first-order valence-corrected chi connectivity index (χ1v) is 10.7. The third-order valence-electron chi connectivity index (χ3n) is 5.90. The second-order valence-electron chi connectivity index (χ2n) is 7.88. The number of aromatic nitrogens is 1. The zero-order chi connectivity index (χ0) is 22.5. The molecule has 9 nitrogen and oxygen atoms in total. The van der Waals surface area contributed by atoms with Crippen LogP contribution in [0.4, 0.5) is 11.5 Å². The van der Waals surface area contributed by atoms with Crippen LogP contribution in [0, 0.1) is 5.92 Å². The largest absolute Gasteiger partial charge is 0.497 e. The fraction of sp³-hybridized carbons (Fsp3) is 0.391. The zero-order valence-electron chi connectivity index (χ0n) is 18.1. The van der Waals surface area contributed by atoms with Crippen LogP contribution in [0.1, 0.15) is 6.42 Å². The van der Waals surface area contributed by atoms with Crippen molar-refractivity contribution in [2.45, 2.75) is 6.42 Å². The lowest BCUT2D eigenvalue weighted by atomic mass is 10.1. The molecule has 2 aromatic rings. The SMILES string of the molecule is COc1ccc(N2C[C@H](C(=O)NCC(=O)N3CCN(c4ccccn4)CC3)CC2=O)cc1. The fourth-order valence-electron chi connectivity index (χ4n) is 4.04. The molecule has 3 amide bonds. The van der Waals surface area contributed by atoms with E-state index >= 15 is 0 Å². The summed E-state index contributed by atoms with van der Waals surface area (Å²) in [6, 6.07) is 12.9. The standard InChI is InChI=1S/C23H27N5O4/c1-32-19-7-5-18(6-8-19)28-16-17(14-21(28)29)23(31)25-15-22(30)27-12-10-26(11-13-27)20-4-2-3-9-24-20/h2-9,17H,10-16H2,1H3,(H,25,31)/t17-/m1/s1. The van der Waals surface area contributed by atoms with Crippen molar-refractivity contribution in [1.82, 2.24) is 15.2 Å². The molecule has 4 rings (SSSR count). The third kappa shape index (κ3) is 4.82. The minimum Gasteiger partial charge on any atom is -0.497 e. The van der Waals surface area contributed by atoms with E-state index in [1.165, 1.54) is 0 Å². The molecule has 0 bridgehead atoms. The van der Waals surface area contributed by atoms with Crippen LogP contribution in [0.15, 0.2) is 48.7 Å². The van der Waals surface area contributed by atoms with Crippen LogP contribution in [0.2, 0.25) is 0 Å². The number of nitrogens with zero attached hydrogens (tertiary/aromatic N) is 4. The molecule has 2 aliphatic heterocycles. The first kappa shape index (κ1) is 21.6. The summed E-state index contributed by atoms with van der Waals surface area (Å²) in [7, 11) is 1.58. The first-order chi connectivity index (χ1) is 15.5. The Bertz CT molecular complexity index is 958. The van der Waals surface area contributed by atoms with Crippen molar-refractivity contribution in [1.29, 1.82) is 0 Å².